The lowest BCUT2D eigenvalue weighted by molar-refractivity contribution is -0.144. The third-order valence-corrected chi connectivity index (χ3v) is 5.22. The normalized spacial score (nSPS) is 16.6. The van der Waals surface area contributed by atoms with Gasteiger partial charge < -0.3 is 37.6 Å². The Morgan fingerprint density at radius 2 is 1.42 bits per heavy atom. The molecule has 0 rings (SSSR count). The van der Waals surface area contributed by atoms with Gasteiger partial charge in [-0.1, -0.05) is 34.1 Å². The van der Waals surface area contributed by atoms with Gasteiger partial charge in [-0.2, -0.15) is 0 Å². The highest BCUT2D eigenvalue weighted by Crippen LogP contribution is 2.11. The molecule has 0 heterocycles. The first-order valence-electron chi connectivity index (χ1n) is 11.1. The van der Waals surface area contributed by atoms with Crippen LogP contribution in [0.25, 0.3) is 0 Å². The second kappa shape index (κ2) is 14.4. The average Bonchev–Trinajstić information content (AvgIpc) is 2.71. The molecule has 0 radical (unpaired) electrons. The average molecular weight is 474 g/mol. The van der Waals surface area contributed by atoms with Gasteiger partial charge in [0.15, 0.2) is 0 Å². The van der Waals surface area contributed by atoms with E-state index in [1.54, 1.807) is 13.8 Å². The topological polar surface area (TPSA) is 214 Å². The van der Waals surface area contributed by atoms with Gasteiger partial charge >= 0.3 is 5.97 Å². The number of carboxylic acids is 1. The molecule has 12 heteroatoms. The van der Waals surface area contributed by atoms with Crippen LogP contribution in [0.5, 0.6) is 0 Å². The second-order valence-electron chi connectivity index (χ2n) is 8.74. The molecule has 0 aliphatic heterocycles. The van der Waals surface area contributed by atoms with Gasteiger partial charge in [-0.15, -0.1) is 0 Å². The van der Waals surface area contributed by atoms with Crippen molar-refractivity contribution in [3.63, 3.8) is 0 Å². The summed E-state index contributed by atoms with van der Waals surface area (Å²) < 4.78 is 0. The van der Waals surface area contributed by atoms with Crippen LogP contribution in [-0.4, -0.2) is 70.1 Å². The van der Waals surface area contributed by atoms with Gasteiger partial charge in [0.05, 0.1) is 12.1 Å². The van der Waals surface area contributed by atoms with Gasteiger partial charge in [-0.3, -0.25) is 19.2 Å². The maximum absolute atomic E-state index is 12.8. The number of amides is 4. The molecule has 12 nitrogen and oxygen atoms in total. The lowest BCUT2D eigenvalue weighted by atomic mass is 9.97. The molecule has 0 saturated carbocycles. The predicted molar refractivity (Wildman–Crippen MR) is 120 cm³/mol. The van der Waals surface area contributed by atoms with E-state index in [9.17, 15) is 34.2 Å². The first kappa shape index (κ1) is 30.3. The number of aliphatic carboxylic acids is 1. The molecular weight excluding hydrogens is 434 g/mol. The summed E-state index contributed by atoms with van der Waals surface area (Å²) in [5.41, 5.74) is 10.7. The van der Waals surface area contributed by atoms with Crippen molar-refractivity contribution >= 4 is 29.6 Å². The molecule has 4 amide bonds. The number of nitrogens with two attached hydrogens (primary N) is 2. The van der Waals surface area contributed by atoms with Crippen molar-refractivity contribution in [3.8, 4) is 0 Å². The van der Waals surface area contributed by atoms with E-state index in [0.717, 1.165) is 0 Å². The number of primary amides is 1. The maximum Gasteiger partial charge on any atom is 0.326 e. The highest BCUT2D eigenvalue weighted by molar-refractivity contribution is 5.94. The third kappa shape index (κ3) is 11.1. The number of aliphatic hydroxyl groups is 1. The summed E-state index contributed by atoms with van der Waals surface area (Å²) in [5.74, 6) is -4.49. The van der Waals surface area contributed by atoms with Gasteiger partial charge in [0.2, 0.25) is 23.6 Å². The largest absolute Gasteiger partial charge is 0.480 e. The van der Waals surface area contributed by atoms with E-state index in [1.807, 2.05) is 13.8 Å². The smallest absolute Gasteiger partial charge is 0.326 e. The minimum atomic E-state index is -1.43. The molecule has 0 saturated heterocycles. The van der Waals surface area contributed by atoms with Crippen LogP contribution in [0.3, 0.4) is 0 Å². The number of aliphatic hydroxyl groups excluding tert-OH is 1. The van der Waals surface area contributed by atoms with Crippen molar-refractivity contribution in [1.82, 2.24) is 16.0 Å². The van der Waals surface area contributed by atoms with Gasteiger partial charge in [0.1, 0.15) is 18.1 Å². The lowest BCUT2D eigenvalue weighted by Crippen LogP contribution is -2.60. The number of hydrogen-bond acceptors (Lipinski definition) is 7. The standard InChI is InChI=1S/C21H39N5O7/c1-6-11(4)16(21(32)33)25-19(30)14(9-10(2)3)24-20(31)17(12(5)27)26-18(29)13(22)7-8-15(23)28/h10-14,16-17,27H,6-9,22H2,1-5H3,(H2,23,28)(H,24,31)(H,25,30)(H,26,29)(H,32,33). The molecule has 6 atom stereocenters. The number of hydrogen-bond donors (Lipinski definition) is 7. The molecule has 0 aliphatic rings. The molecule has 33 heavy (non-hydrogen) atoms. The number of carbonyl (C=O) groups is 5. The number of carbonyl (C=O) groups excluding carboxylic acids is 4. The summed E-state index contributed by atoms with van der Waals surface area (Å²) >= 11 is 0. The summed E-state index contributed by atoms with van der Waals surface area (Å²) in [6.45, 7) is 8.41. The number of rotatable bonds is 15. The minimum Gasteiger partial charge on any atom is -0.480 e. The van der Waals surface area contributed by atoms with Crippen LogP contribution in [0, 0.1) is 11.8 Å². The van der Waals surface area contributed by atoms with Crippen LogP contribution in [0.15, 0.2) is 0 Å². The maximum atomic E-state index is 12.8. The first-order valence-corrected chi connectivity index (χ1v) is 11.1. The third-order valence-electron chi connectivity index (χ3n) is 5.22. The van der Waals surface area contributed by atoms with Crippen molar-refractivity contribution in [1.29, 1.82) is 0 Å². The Morgan fingerprint density at radius 1 is 0.879 bits per heavy atom. The van der Waals surface area contributed by atoms with E-state index in [1.165, 1.54) is 6.92 Å². The minimum absolute atomic E-state index is 0.0326. The van der Waals surface area contributed by atoms with Crippen LogP contribution in [0.2, 0.25) is 0 Å². The molecule has 6 unspecified atom stereocenters. The summed E-state index contributed by atoms with van der Waals surface area (Å²) in [5, 5.41) is 26.7. The van der Waals surface area contributed by atoms with Crippen LogP contribution in [0.1, 0.15) is 60.3 Å². The van der Waals surface area contributed by atoms with Crippen molar-refractivity contribution < 1.29 is 34.2 Å². The Morgan fingerprint density at radius 3 is 1.85 bits per heavy atom. The Kier molecular flexibility index (Phi) is 13.2. The fourth-order valence-electron chi connectivity index (χ4n) is 3.00. The zero-order chi connectivity index (χ0) is 25.9. The van der Waals surface area contributed by atoms with E-state index in [2.05, 4.69) is 16.0 Å². The van der Waals surface area contributed by atoms with Crippen LogP contribution in [0.4, 0.5) is 0 Å². The zero-order valence-electron chi connectivity index (χ0n) is 20.0. The number of nitrogens with one attached hydrogen (secondary N) is 3. The lowest BCUT2D eigenvalue weighted by Gasteiger charge is -2.28. The predicted octanol–water partition coefficient (Wildman–Crippen LogP) is -1.41. The summed E-state index contributed by atoms with van der Waals surface area (Å²) in [7, 11) is 0. The van der Waals surface area contributed by atoms with Crippen LogP contribution >= 0.6 is 0 Å². The van der Waals surface area contributed by atoms with E-state index in [-0.39, 0.29) is 31.1 Å². The molecule has 0 aromatic heterocycles. The van der Waals surface area contributed by atoms with Crippen molar-refractivity contribution in [2.75, 3.05) is 0 Å². The van der Waals surface area contributed by atoms with Gasteiger partial charge in [-0.05, 0) is 31.6 Å². The van der Waals surface area contributed by atoms with E-state index in [4.69, 9.17) is 11.5 Å². The molecule has 0 bridgehead atoms. The van der Waals surface area contributed by atoms with Crippen molar-refractivity contribution in [2.24, 2.45) is 23.3 Å². The molecule has 190 valence electrons. The first-order chi connectivity index (χ1) is 15.2. The molecular formula is C21H39N5O7. The Labute approximate surface area is 194 Å². The molecule has 0 aromatic rings. The Bertz CT molecular complexity index is 698. The molecule has 0 fully saturated rings. The van der Waals surface area contributed by atoms with Crippen molar-refractivity contribution in [3.05, 3.63) is 0 Å². The molecule has 0 spiro atoms. The second-order valence-corrected chi connectivity index (χ2v) is 8.74. The quantitative estimate of drug-likeness (QED) is 0.150. The monoisotopic (exact) mass is 473 g/mol. The molecule has 0 aromatic carbocycles. The fourth-order valence-corrected chi connectivity index (χ4v) is 3.00. The summed E-state index contributed by atoms with van der Waals surface area (Å²) in [4.78, 5) is 60.3. The Balaban J connectivity index is 5.44. The van der Waals surface area contributed by atoms with E-state index < -0.39 is 59.9 Å². The van der Waals surface area contributed by atoms with Crippen LogP contribution in [-0.2, 0) is 24.0 Å². The van der Waals surface area contributed by atoms with E-state index >= 15 is 0 Å². The highest BCUT2D eigenvalue weighted by atomic mass is 16.4. The summed E-state index contributed by atoms with van der Waals surface area (Å²) in [6, 6.07) is -4.78. The van der Waals surface area contributed by atoms with Gasteiger partial charge in [-0.25, -0.2) is 4.79 Å². The van der Waals surface area contributed by atoms with Crippen LogP contribution < -0.4 is 27.4 Å². The van der Waals surface area contributed by atoms with Crippen molar-refractivity contribution in [2.45, 2.75) is 90.6 Å². The molecule has 9 N–H and O–H groups in total. The summed E-state index contributed by atoms with van der Waals surface area (Å²) in [6.07, 6.45) is -0.780. The molecule has 0 aliphatic carbocycles. The van der Waals surface area contributed by atoms with E-state index in [0.29, 0.717) is 6.42 Å². The van der Waals surface area contributed by atoms with Gasteiger partial charge in [0.25, 0.3) is 0 Å². The fraction of sp³-hybridized carbons (Fsp3) is 0.762. The Hall–Kier alpha value is -2.73. The SMILES string of the molecule is CCC(C)C(NC(=O)C(CC(C)C)NC(=O)C(NC(=O)C(N)CCC(N)=O)C(C)O)C(=O)O. The highest BCUT2D eigenvalue weighted by Gasteiger charge is 2.33. The van der Waals surface area contributed by atoms with Gasteiger partial charge in [0, 0.05) is 6.42 Å². The number of carboxylic acid groups (broad SMARTS) is 1. The zero-order valence-corrected chi connectivity index (χ0v) is 20.0.